The van der Waals surface area contributed by atoms with Crippen LogP contribution in [-0.2, 0) is 12.8 Å². The third-order valence-corrected chi connectivity index (χ3v) is 4.55. The number of aromatic amines is 1. The number of aromatic nitrogens is 2. The van der Waals surface area contributed by atoms with Crippen molar-refractivity contribution in [3.63, 3.8) is 0 Å². The molecule has 0 atom stereocenters. The largest absolute Gasteiger partial charge is 0.361 e. The Morgan fingerprint density at radius 1 is 1.18 bits per heavy atom. The summed E-state index contributed by atoms with van der Waals surface area (Å²) in [6.07, 6.45) is 7.32. The van der Waals surface area contributed by atoms with E-state index in [2.05, 4.69) is 32.5 Å². The number of benzene rings is 1. The Morgan fingerprint density at radius 3 is 2.82 bits per heavy atom. The zero-order valence-electron chi connectivity index (χ0n) is 16.3. The molecule has 0 aliphatic heterocycles. The van der Waals surface area contributed by atoms with E-state index in [0.29, 0.717) is 6.54 Å². The number of rotatable bonds is 7. The van der Waals surface area contributed by atoms with E-state index in [1.807, 2.05) is 31.6 Å². The van der Waals surface area contributed by atoms with Crippen LogP contribution < -0.4 is 10.6 Å². The highest BCUT2D eigenvalue weighted by atomic mass is 127. The van der Waals surface area contributed by atoms with E-state index in [-0.39, 0.29) is 29.8 Å². The lowest BCUT2D eigenvalue weighted by atomic mass is 10.1. The Bertz CT molecular complexity index is 922. The van der Waals surface area contributed by atoms with E-state index in [4.69, 9.17) is 0 Å². The molecule has 0 saturated carbocycles. The molecule has 0 fully saturated rings. The topological polar surface area (TPSA) is 65.1 Å². The molecule has 3 rings (SSSR count). The van der Waals surface area contributed by atoms with Crippen molar-refractivity contribution in [2.75, 3.05) is 19.6 Å². The molecule has 0 aliphatic carbocycles. The maximum absolute atomic E-state index is 13.5. The maximum Gasteiger partial charge on any atom is 0.191 e. The lowest BCUT2D eigenvalue weighted by molar-refractivity contribution is 0.629. The maximum atomic E-state index is 13.5. The summed E-state index contributed by atoms with van der Waals surface area (Å²) in [5.74, 6) is 0.591. The quantitative estimate of drug-likeness (QED) is 0.264. The van der Waals surface area contributed by atoms with Crippen molar-refractivity contribution in [3.05, 3.63) is 65.4 Å². The van der Waals surface area contributed by atoms with Crippen LogP contribution in [0.5, 0.6) is 0 Å². The van der Waals surface area contributed by atoms with Crippen LogP contribution >= 0.6 is 24.0 Å². The van der Waals surface area contributed by atoms with E-state index in [9.17, 15) is 4.39 Å². The Balaban J connectivity index is 0.00000280. The van der Waals surface area contributed by atoms with Crippen molar-refractivity contribution in [1.29, 1.82) is 0 Å². The van der Waals surface area contributed by atoms with Gasteiger partial charge in [0.25, 0.3) is 0 Å². The first-order valence-electron chi connectivity index (χ1n) is 9.34. The van der Waals surface area contributed by atoms with E-state index in [1.165, 1.54) is 17.2 Å². The molecule has 7 heteroatoms. The number of guanidine groups is 1. The minimum atomic E-state index is -0.211. The van der Waals surface area contributed by atoms with E-state index in [0.717, 1.165) is 48.4 Å². The first kappa shape index (κ1) is 22.1. The molecule has 28 heavy (non-hydrogen) atoms. The number of aliphatic imine (C=N–C) groups is 1. The number of hydrogen-bond donors (Lipinski definition) is 3. The van der Waals surface area contributed by atoms with Gasteiger partial charge < -0.3 is 15.6 Å². The van der Waals surface area contributed by atoms with Crippen molar-refractivity contribution in [2.45, 2.75) is 26.7 Å². The summed E-state index contributed by atoms with van der Waals surface area (Å²) in [4.78, 5) is 12.0. The van der Waals surface area contributed by atoms with E-state index < -0.39 is 0 Å². The number of halogens is 2. The molecule has 0 amide bonds. The Morgan fingerprint density at radius 2 is 2.04 bits per heavy atom. The average molecular weight is 495 g/mol. The highest BCUT2D eigenvalue weighted by molar-refractivity contribution is 14.0. The molecule has 2 aromatic heterocycles. The van der Waals surface area contributed by atoms with Crippen LogP contribution in [0.4, 0.5) is 4.39 Å². The summed E-state index contributed by atoms with van der Waals surface area (Å²) in [6, 6.07) is 6.87. The fourth-order valence-corrected chi connectivity index (χ4v) is 3.09. The molecule has 150 valence electrons. The molecular weight excluding hydrogens is 468 g/mol. The van der Waals surface area contributed by atoms with Crippen molar-refractivity contribution in [2.24, 2.45) is 4.99 Å². The Kier molecular flexibility index (Phi) is 8.69. The van der Waals surface area contributed by atoms with Gasteiger partial charge in [-0.3, -0.25) is 9.98 Å². The fourth-order valence-electron chi connectivity index (χ4n) is 3.09. The molecular formula is C21H27FIN5. The zero-order chi connectivity index (χ0) is 19.1. The van der Waals surface area contributed by atoms with Crippen LogP contribution in [-0.4, -0.2) is 35.6 Å². The first-order valence-corrected chi connectivity index (χ1v) is 9.34. The van der Waals surface area contributed by atoms with Gasteiger partial charge in [0.15, 0.2) is 5.96 Å². The molecule has 3 aromatic rings. The molecule has 5 nitrogen and oxygen atoms in total. The summed E-state index contributed by atoms with van der Waals surface area (Å²) in [7, 11) is 0. The number of nitrogens with zero attached hydrogens (tertiary/aromatic N) is 2. The average Bonchev–Trinajstić information content (AvgIpc) is 3.05. The molecule has 0 unspecified atom stereocenters. The molecule has 0 bridgehead atoms. The summed E-state index contributed by atoms with van der Waals surface area (Å²) in [5, 5.41) is 7.56. The standard InChI is InChI=1S/C21H26FN5.HI/c1-3-24-21(25-10-7-16-6-9-23-13-15(16)2)26-11-8-17-14-27-20-5-4-18(22)12-19(17)20;/h4-6,9,12-14,27H,3,7-8,10-11H2,1-2H3,(H2,24,25,26);1H. The van der Waals surface area contributed by atoms with Crippen LogP contribution in [0.15, 0.2) is 47.8 Å². The fraction of sp³-hybridized carbons (Fsp3) is 0.333. The second-order valence-corrected chi connectivity index (χ2v) is 6.49. The first-order chi connectivity index (χ1) is 13.2. The van der Waals surface area contributed by atoms with Crippen LogP contribution in [0.2, 0.25) is 0 Å². The van der Waals surface area contributed by atoms with Gasteiger partial charge in [-0.15, -0.1) is 24.0 Å². The number of H-pyrrole nitrogens is 1. The number of pyridine rings is 1. The summed E-state index contributed by atoms with van der Waals surface area (Å²) in [6.45, 7) is 6.35. The third-order valence-electron chi connectivity index (χ3n) is 4.55. The molecule has 0 radical (unpaired) electrons. The van der Waals surface area contributed by atoms with Gasteiger partial charge in [0.05, 0.1) is 0 Å². The SMILES string of the molecule is CCNC(=NCCc1ccncc1C)NCCc1c[nH]c2ccc(F)cc12.I. The van der Waals surface area contributed by atoms with Gasteiger partial charge in [0, 0.05) is 49.1 Å². The Hall–Kier alpha value is -2.16. The van der Waals surface area contributed by atoms with Crippen LogP contribution in [0, 0.1) is 12.7 Å². The molecule has 0 saturated heterocycles. The van der Waals surface area contributed by atoms with Gasteiger partial charge in [-0.1, -0.05) is 0 Å². The summed E-state index contributed by atoms with van der Waals surface area (Å²) < 4.78 is 13.5. The van der Waals surface area contributed by atoms with Crippen LogP contribution in [0.25, 0.3) is 10.9 Å². The van der Waals surface area contributed by atoms with Crippen molar-refractivity contribution >= 4 is 40.8 Å². The second-order valence-electron chi connectivity index (χ2n) is 6.49. The van der Waals surface area contributed by atoms with Gasteiger partial charge >= 0.3 is 0 Å². The Labute approximate surface area is 182 Å². The van der Waals surface area contributed by atoms with Gasteiger partial charge in [-0.25, -0.2) is 4.39 Å². The van der Waals surface area contributed by atoms with E-state index in [1.54, 1.807) is 12.1 Å². The zero-order valence-corrected chi connectivity index (χ0v) is 18.6. The number of aryl methyl sites for hydroxylation is 1. The van der Waals surface area contributed by atoms with Gasteiger partial charge in [-0.05, 0) is 67.6 Å². The lowest BCUT2D eigenvalue weighted by Gasteiger charge is -2.11. The smallest absolute Gasteiger partial charge is 0.191 e. The van der Waals surface area contributed by atoms with Crippen LogP contribution in [0.3, 0.4) is 0 Å². The van der Waals surface area contributed by atoms with Crippen molar-refractivity contribution in [3.8, 4) is 0 Å². The minimum Gasteiger partial charge on any atom is -0.361 e. The molecule has 1 aromatic carbocycles. The third kappa shape index (κ3) is 5.92. The van der Waals surface area contributed by atoms with Crippen molar-refractivity contribution < 1.29 is 4.39 Å². The monoisotopic (exact) mass is 495 g/mol. The normalized spacial score (nSPS) is 11.3. The predicted octanol–water partition coefficient (Wildman–Crippen LogP) is 3.97. The number of fused-ring (bicyclic) bond motifs is 1. The minimum absolute atomic E-state index is 0. The number of nitrogens with one attached hydrogen (secondary N) is 3. The molecule has 3 N–H and O–H groups in total. The predicted molar refractivity (Wildman–Crippen MR) is 124 cm³/mol. The molecule has 0 spiro atoms. The van der Waals surface area contributed by atoms with Gasteiger partial charge in [0.1, 0.15) is 5.82 Å². The molecule has 2 heterocycles. The van der Waals surface area contributed by atoms with Crippen LogP contribution in [0.1, 0.15) is 23.6 Å². The van der Waals surface area contributed by atoms with E-state index >= 15 is 0 Å². The summed E-state index contributed by atoms with van der Waals surface area (Å²) in [5.41, 5.74) is 4.52. The van der Waals surface area contributed by atoms with Gasteiger partial charge in [-0.2, -0.15) is 0 Å². The second kappa shape index (κ2) is 11.0. The van der Waals surface area contributed by atoms with Crippen molar-refractivity contribution in [1.82, 2.24) is 20.6 Å². The number of hydrogen-bond acceptors (Lipinski definition) is 2. The highest BCUT2D eigenvalue weighted by Crippen LogP contribution is 2.19. The molecule has 0 aliphatic rings. The summed E-state index contributed by atoms with van der Waals surface area (Å²) >= 11 is 0. The lowest BCUT2D eigenvalue weighted by Crippen LogP contribution is -2.38. The van der Waals surface area contributed by atoms with Gasteiger partial charge in [0.2, 0.25) is 0 Å². The highest BCUT2D eigenvalue weighted by Gasteiger charge is 2.05.